The highest BCUT2D eigenvalue weighted by Crippen LogP contribution is 2.26. The van der Waals surface area contributed by atoms with Crippen molar-refractivity contribution in [1.82, 2.24) is 4.98 Å². The predicted octanol–water partition coefficient (Wildman–Crippen LogP) is 4.55. The largest absolute Gasteiger partial charge is 0.354 e. The zero-order valence-electron chi connectivity index (χ0n) is 10.3. The van der Waals surface area contributed by atoms with Gasteiger partial charge in [0.2, 0.25) is 0 Å². The SMILES string of the molecule is Cc1ccc(CN(C)c2ncc(Br)cc2Br)cc1. The topological polar surface area (TPSA) is 16.1 Å². The number of anilines is 1. The molecular formula is C14H14Br2N2. The summed E-state index contributed by atoms with van der Waals surface area (Å²) in [6.07, 6.45) is 1.81. The van der Waals surface area contributed by atoms with Gasteiger partial charge in [0.15, 0.2) is 0 Å². The Labute approximate surface area is 124 Å². The molecule has 4 heteroatoms. The molecule has 0 spiro atoms. The van der Waals surface area contributed by atoms with E-state index in [9.17, 15) is 0 Å². The minimum Gasteiger partial charge on any atom is -0.354 e. The van der Waals surface area contributed by atoms with Crippen molar-refractivity contribution in [2.75, 3.05) is 11.9 Å². The third-order valence-corrected chi connectivity index (χ3v) is 3.71. The van der Waals surface area contributed by atoms with Crippen LogP contribution in [0.3, 0.4) is 0 Å². The lowest BCUT2D eigenvalue weighted by molar-refractivity contribution is 0.892. The van der Waals surface area contributed by atoms with Gasteiger partial charge in [0, 0.05) is 24.3 Å². The zero-order valence-corrected chi connectivity index (χ0v) is 13.5. The van der Waals surface area contributed by atoms with E-state index < -0.39 is 0 Å². The molecule has 0 saturated carbocycles. The van der Waals surface area contributed by atoms with Gasteiger partial charge in [-0.05, 0) is 50.4 Å². The molecule has 0 aliphatic rings. The van der Waals surface area contributed by atoms with Gasteiger partial charge in [0.1, 0.15) is 5.82 Å². The molecule has 2 nitrogen and oxygen atoms in total. The van der Waals surface area contributed by atoms with E-state index in [1.165, 1.54) is 11.1 Å². The molecule has 0 amide bonds. The van der Waals surface area contributed by atoms with Crippen molar-refractivity contribution in [2.24, 2.45) is 0 Å². The van der Waals surface area contributed by atoms with E-state index in [1.54, 1.807) is 0 Å². The van der Waals surface area contributed by atoms with Crippen LogP contribution in [-0.4, -0.2) is 12.0 Å². The molecule has 0 saturated heterocycles. The van der Waals surface area contributed by atoms with E-state index >= 15 is 0 Å². The van der Waals surface area contributed by atoms with Gasteiger partial charge in [-0.3, -0.25) is 0 Å². The van der Waals surface area contributed by atoms with Crippen LogP contribution < -0.4 is 4.90 Å². The number of benzene rings is 1. The van der Waals surface area contributed by atoms with Gasteiger partial charge in [0.05, 0.1) is 4.47 Å². The number of halogens is 2. The van der Waals surface area contributed by atoms with Crippen molar-refractivity contribution in [3.8, 4) is 0 Å². The highest BCUT2D eigenvalue weighted by atomic mass is 79.9. The highest BCUT2D eigenvalue weighted by molar-refractivity contribution is 9.11. The summed E-state index contributed by atoms with van der Waals surface area (Å²) in [4.78, 5) is 6.55. The number of nitrogens with zero attached hydrogens (tertiary/aromatic N) is 2. The molecule has 1 heterocycles. The maximum Gasteiger partial charge on any atom is 0.142 e. The fourth-order valence-electron chi connectivity index (χ4n) is 1.73. The Bertz CT molecular complexity index is 538. The predicted molar refractivity (Wildman–Crippen MR) is 82.9 cm³/mol. The summed E-state index contributed by atoms with van der Waals surface area (Å²) in [5.41, 5.74) is 2.56. The van der Waals surface area contributed by atoms with Gasteiger partial charge < -0.3 is 4.90 Å². The number of hydrogen-bond acceptors (Lipinski definition) is 2. The van der Waals surface area contributed by atoms with Gasteiger partial charge in [-0.2, -0.15) is 0 Å². The fourth-order valence-corrected chi connectivity index (χ4v) is 3.02. The summed E-state index contributed by atoms with van der Waals surface area (Å²) in [5.74, 6) is 0.943. The molecule has 0 atom stereocenters. The Morgan fingerprint density at radius 1 is 1.17 bits per heavy atom. The Hall–Kier alpha value is -0.870. The standard InChI is InChI=1S/C14H14Br2N2/c1-10-3-5-11(6-4-10)9-18(2)14-13(16)7-12(15)8-17-14/h3-8H,9H2,1-2H3. The number of aromatic nitrogens is 1. The summed E-state index contributed by atoms with van der Waals surface area (Å²) in [7, 11) is 2.04. The van der Waals surface area contributed by atoms with Crippen molar-refractivity contribution in [2.45, 2.75) is 13.5 Å². The van der Waals surface area contributed by atoms with Crippen molar-refractivity contribution < 1.29 is 0 Å². The van der Waals surface area contributed by atoms with Crippen LogP contribution in [0.5, 0.6) is 0 Å². The Kier molecular flexibility index (Phi) is 4.40. The van der Waals surface area contributed by atoms with Crippen LogP contribution in [0, 0.1) is 6.92 Å². The first kappa shape index (κ1) is 13.6. The summed E-state index contributed by atoms with van der Waals surface area (Å²) in [6, 6.07) is 10.6. The minimum atomic E-state index is 0.841. The number of pyridine rings is 1. The van der Waals surface area contributed by atoms with Crippen LogP contribution in [0.15, 0.2) is 45.5 Å². The van der Waals surface area contributed by atoms with Crippen LogP contribution >= 0.6 is 31.9 Å². The Balaban J connectivity index is 2.16. The highest BCUT2D eigenvalue weighted by Gasteiger charge is 2.08. The second-order valence-corrected chi connectivity index (χ2v) is 6.07. The summed E-state index contributed by atoms with van der Waals surface area (Å²) in [5, 5.41) is 0. The number of hydrogen-bond donors (Lipinski definition) is 0. The van der Waals surface area contributed by atoms with E-state index in [0.717, 1.165) is 21.3 Å². The molecule has 94 valence electrons. The minimum absolute atomic E-state index is 0.841. The molecule has 0 unspecified atom stereocenters. The number of rotatable bonds is 3. The van der Waals surface area contributed by atoms with E-state index in [4.69, 9.17) is 0 Å². The van der Waals surface area contributed by atoms with Crippen molar-refractivity contribution >= 4 is 37.7 Å². The lowest BCUT2D eigenvalue weighted by Gasteiger charge is -2.19. The second-order valence-electron chi connectivity index (χ2n) is 4.30. The van der Waals surface area contributed by atoms with Crippen molar-refractivity contribution in [3.05, 3.63) is 56.6 Å². The fraction of sp³-hybridized carbons (Fsp3) is 0.214. The molecule has 0 N–H and O–H groups in total. The summed E-state index contributed by atoms with van der Waals surface area (Å²) >= 11 is 6.95. The zero-order chi connectivity index (χ0) is 13.1. The molecule has 0 bridgehead atoms. The molecule has 1 aromatic heterocycles. The Morgan fingerprint density at radius 2 is 1.83 bits per heavy atom. The lowest BCUT2D eigenvalue weighted by Crippen LogP contribution is -2.18. The average Bonchev–Trinajstić information content (AvgIpc) is 2.32. The van der Waals surface area contributed by atoms with Crippen LogP contribution in [0.25, 0.3) is 0 Å². The lowest BCUT2D eigenvalue weighted by atomic mass is 10.1. The number of aryl methyl sites for hydroxylation is 1. The summed E-state index contributed by atoms with van der Waals surface area (Å²) < 4.78 is 1.97. The van der Waals surface area contributed by atoms with Crippen LogP contribution in [-0.2, 0) is 6.54 Å². The first-order valence-corrected chi connectivity index (χ1v) is 7.22. The first-order valence-electron chi connectivity index (χ1n) is 5.64. The monoisotopic (exact) mass is 368 g/mol. The molecule has 0 aliphatic carbocycles. The third kappa shape index (κ3) is 3.33. The normalized spacial score (nSPS) is 10.4. The van der Waals surface area contributed by atoms with E-state index in [-0.39, 0.29) is 0 Å². The smallest absolute Gasteiger partial charge is 0.142 e. The van der Waals surface area contributed by atoms with Crippen LogP contribution in [0.2, 0.25) is 0 Å². The average molecular weight is 370 g/mol. The van der Waals surface area contributed by atoms with E-state index in [1.807, 2.05) is 19.3 Å². The van der Waals surface area contributed by atoms with E-state index in [0.29, 0.717) is 0 Å². The molecule has 2 rings (SSSR count). The summed E-state index contributed by atoms with van der Waals surface area (Å²) in [6.45, 7) is 2.94. The quantitative estimate of drug-likeness (QED) is 0.788. The maximum absolute atomic E-state index is 4.42. The maximum atomic E-state index is 4.42. The molecular weight excluding hydrogens is 356 g/mol. The van der Waals surface area contributed by atoms with E-state index in [2.05, 4.69) is 72.9 Å². The molecule has 1 aromatic carbocycles. The van der Waals surface area contributed by atoms with Gasteiger partial charge in [-0.15, -0.1) is 0 Å². The molecule has 18 heavy (non-hydrogen) atoms. The van der Waals surface area contributed by atoms with Gasteiger partial charge in [0.25, 0.3) is 0 Å². The van der Waals surface area contributed by atoms with Gasteiger partial charge in [-0.25, -0.2) is 4.98 Å². The molecule has 2 aromatic rings. The van der Waals surface area contributed by atoms with Gasteiger partial charge >= 0.3 is 0 Å². The molecule has 0 fully saturated rings. The van der Waals surface area contributed by atoms with Gasteiger partial charge in [-0.1, -0.05) is 29.8 Å². The first-order chi connectivity index (χ1) is 8.56. The second kappa shape index (κ2) is 5.85. The van der Waals surface area contributed by atoms with Crippen LogP contribution in [0.1, 0.15) is 11.1 Å². The van der Waals surface area contributed by atoms with Crippen molar-refractivity contribution in [1.29, 1.82) is 0 Å². The Morgan fingerprint density at radius 3 is 2.44 bits per heavy atom. The van der Waals surface area contributed by atoms with Crippen molar-refractivity contribution in [3.63, 3.8) is 0 Å². The molecule has 0 radical (unpaired) electrons. The van der Waals surface area contributed by atoms with Crippen LogP contribution in [0.4, 0.5) is 5.82 Å². The molecule has 0 aliphatic heterocycles. The third-order valence-electron chi connectivity index (χ3n) is 2.69.